The maximum Gasteiger partial charge on any atom is 0.0991 e. The van der Waals surface area contributed by atoms with Crippen LogP contribution in [0, 0.1) is 17.2 Å². The van der Waals surface area contributed by atoms with E-state index in [4.69, 9.17) is 5.26 Å². The van der Waals surface area contributed by atoms with Crippen LogP contribution in [0.25, 0.3) is 0 Å². The average molecular weight is 452 g/mol. The van der Waals surface area contributed by atoms with E-state index in [1.54, 1.807) is 0 Å². The van der Waals surface area contributed by atoms with Crippen molar-refractivity contribution in [3.8, 4) is 6.07 Å². The van der Waals surface area contributed by atoms with Crippen LogP contribution in [0.1, 0.15) is 90.8 Å². The quantitative estimate of drug-likeness (QED) is 0.474. The molecule has 1 heterocycles. The van der Waals surface area contributed by atoms with Gasteiger partial charge in [-0.2, -0.15) is 5.26 Å². The molecule has 33 heavy (non-hydrogen) atoms. The van der Waals surface area contributed by atoms with Crippen molar-refractivity contribution in [2.75, 3.05) is 38.1 Å². The number of benzene rings is 2. The van der Waals surface area contributed by atoms with Crippen LogP contribution in [0.5, 0.6) is 0 Å². The number of nitrogens with zero attached hydrogens (tertiary/aromatic N) is 3. The maximum absolute atomic E-state index is 8.59. The summed E-state index contributed by atoms with van der Waals surface area (Å²) < 4.78 is 0. The second-order valence-electron chi connectivity index (χ2n) is 9.66. The minimum atomic E-state index is 0.503. The van der Waals surface area contributed by atoms with E-state index in [9.17, 15) is 0 Å². The fourth-order valence-corrected chi connectivity index (χ4v) is 3.11. The number of anilines is 1. The molecule has 1 aliphatic rings. The van der Waals surface area contributed by atoms with Crippen molar-refractivity contribution in [1.29, 1.82) is 5.26 Å². The Hall–Kier alpha value is -2.31. The molecule has 0 spiro atoms. The standard InChI is InChI=1S/C14H22N2.C10H11N.C4H10.C2H6/c1-12(2)13-5-4-6-14(11-13)16-9-7-15(3)8-10-16;1-8(2)10-5-3-4-9(6-10)7-11;1-4(2)3;1-2/h4-6,11-12H,7-10H2,1-3H3;3-6,8H,1-2H3;4H,1-3H3;1-2H3. The predicted octanol–water partition coefficient (Wildman–Crippen LogP) is 7.93. The molecule has 184 valence electrons. The molecule has 1 aliphatic heterocycles. The lowest BCUT2D eigenvalue weighted by atomic mass is 10.0. The van der Waals surface area contributed by atoms with Crippen LogP contribution in [0.4, 0.5) is 5.69 Å². The summed E-state index contributed by atoms with van der Waals surface area (Å²) in [5, 5.41) is 8.59. The van der Waals surface area contributed by atoms with Gasteiger partial charge in [-0.25, -0.2) is 0 Å². The molecule has 3 heteroatoms. The van der Waals surface area contributed by atoms with Crippen LogP contribution in [-0.2, 0) is 0 Å². The Kier molecular flexibility index (Phi) is 16.0. The second kappa shape index (κ2) is 17.2. The zero-order chi connectivity index (χ0) is 25.4. The molecule has 3 rings (SSSR count). The minimum Gasteiger partial charge on any atom is -0.369 e. The van der Waals surface area contributed by atoms with E-state index in [0.29, 0.717) is 11.8 Å². The molecular formula is C30H49N3. The Bertz CT molecular complexity index is 791. The normalized spacial score (nSPS) is 13.3. The molecule has 0 N–H and O–H groups in total. The third-order valence-corrected chi connectivity index (χ3v) is 5.09. The third kappa shape index (κ3) is 13.1. The Labute approximate surface area is 205 Å². The number of piperazine rings is 1. The van der Waals surface area contributed by atoms with Crippen LogP contribution in [0.3, 0.4) is 0 Å². The first-order valence-electron chi connectivity index (χ1n) is 12.7. The van der Waals surface area contributed by atoms with Crippen molar-refractivity contribution in [3.63, 3.8) is 0 Å². The lowest BCUT2D eigenvalue weighted by Crippen LogP contribution is -2.44. The summed E-state index contributed by atoms with van der Waals surface area (Å²) in [5.74, 6) is 1.95. The monoisotopic (exact) mass is 451 g/mol. The minimum absolute atomic E-state index is 0.503. The van der Waals surface area contributed by atoms with Gasteiger partial charge in [0.15, 0.2) is 0 Å². The molecule has 0 aliphatic carbocycles. The van der Waals surface area contributed by atoms with Gasteiger partial charge in [0.05, 0.1) is 11.6 Å². The molecule has 1 saturated heterocycles. The highest BCUT2D eigenvalue weighted by Crippen LogP contribution is 2.22. The van der Waals surface area contributed by atoms with Crippen LogP contribution in [-0.4, -0.2) is 38.1 Å². The van der Waals surface area contributed by atoms with E-state index in [2.05, 4.69) is 95.6 Å². The molecule has 0 radical (unpaired) electrons. The van der Waals surface area contributed by atoms with Crippen molar-refractivity contribution in [3.05, 3.63) is 65.2 Å². The Morgan fingerprint density at radius 3 is 1.64 bits per heavy atom. The van der Waals surface area contributed by atoms with Gasteiger partial charge in [0.1, 0.15) is 0 Å². The molecule has 0 aromatic heterocycles. The summed E-state index contributed by atoms with van der Waals surface area (Å²) in [4.78, 5) is 4.88. The van der Waals surface area contributed by atoms with Gasteiger partial charge in [-0.15, -0.1) is 0 Å². The van der Waals surface area contributed by atoms with Crippen molar-refractivity contribution in [1.82, 2.24) is 4.90 Å². The van der Waals surface area contributed by atoms with E-state index in [0.717, 1.165) is 24.6 Å². The summed E-state index contributed by atoms with van der Waals surface area (Å²) in [6.45, 7) is 23.9. The molecule has 0 bridgehead atoms. The van der Waals surface area contributed by atoms with E-state index >= 15 is 0 Å². The SMILES string of the molecule is CC.CC(C)C.CC(C)c1cccc(C#N)c1.CC(C)c1cccc(N2CCN(C)CC2)c1. The topological polar surface area (TPSA) is 30.3 Å². The number of likely N-dealkylation sites (N-methyl/N-ethyl adjacent to an activating group) is 1. The molecular weight excluding hydrogens is 402 g/mol. The molecule has 0 unspecified atom stereocenters. The molecule has 2 aromatic rings. The Balaban J connectivity index is 0.000000523. The van der Waals surface area contributed by atoms with Gasteiger partial charge in [-0.1, -0.05) is 86.6 Å². The number of rotatable bonds is 3. The first-order chi connectivity index (χ1) is 15.6. The zero-order valence-electron chi connectivity index (χ0n) is 23.0. The predicted molar refractivity (Wildman–Crippen MR) is 147 cm³/mol. The Morgan fingerprint density at radius 2 is 1.18 bits per heavy atom. The van der Waals surface area contributed by atoms with E-state index < -0.39 is 0 Å². The number of hydrogen-bond donors (Lipinski definition) is 0. The smallest absolute Gasteiger partial charge is 0.0991 e. The third-order valence-electron chi connectivity index (χ3n) is 5.09. The summed E-state index contributed by atoms with van der Waals surface area (Å²) in [6, 6.07) is 18.8. The van der Waals surface area contributed by atoms with Crippen LogP contribution < -0.4 is 4.90 Å². The van der Waals surface area contributed by atoms with Crippen molar-refractivity contribution in [2.45, 2.75) is 74.1 Å². The first-order valence-corrected chi connectivity index (χ1v) is 12.7. The van der Waals surface area contributed by atoms with Gasteiger partial charge in [0, 0.05) is 31.9 Å². The lowest BCUT2D eigenvalue weighted by Gasteiger charge is -2.34. The van der Waals surface area contributed by atoms with Crippen molar-refractivity contribution >= 4 is 5.69 Å². The molecule has 1 fully saturated rings. The highest BCUT2D eigenvalue weighted by atomic mass is 15.2. The van der Waals surface area contributed by atoms with Gasteiger partial charge in [-0.05, 0) is 60.2 Å². The molecule has 0 atom stereocenters. The summed E-state index contributed by atoms with van der Waals surface area (Å²) in [7, 11) is 2.20. The summed E-state index contributed by atoms with van der Waals surface area (Å²) in [5.41, 5.74) is 4.80. The van der Waals surface area contributed by atoms with Gasteiger partial charge >= 0.3 is 0 Å². The van der Waals surface area contributed by atoms with Crippen molar-refractivity contribution in [2.24, 2.45) is 5.92 Å². The van der Waals surface area contributed by atoms with E-state index in [1.165, 1.54) is 29.9 Å². The Morgan fingerprint density at radius 1 is 0.727 bits per heavy atom. The molecule has 0 saturated carbocycles. The molecule has 3 nitrogen and oxygen atoms in total. The number of nitriles is 1. The summed E-state index contributed by atoms with van der Waals surface area (Å²) in [6.07, 6.45) is 0. The fraction of sp³-hybridized carbons (Fsp3) is 0.567. The second-order valence-corrected chi connectivity index (χ2v) is 9.66. The zero-order valence-corrected chi connectivity index (χ0v) is 23.0. The highest BCUT2D eigenvalue weighted by Gasteiger charge is 2.14. The fourth-order valence-electron chi connectivity index (χ4n) is 3.11. The van der Waals surface area contributed by atoms with Gasteiger partial charge in [0.25, 0.3) is 0 Å². The van der Waals surface area contributed by atoms with Crippen molar-refractivity contribution < 1.29 is 0 Å². The van der Waals surface area contributed by atoms with Crippen LogP contribution >= 0.6 is 0 Å². The highest BCUT2D eigenvalue weighted by molar-refractivity contribution is 5.49. The molecule has 0 amide bonds. The number of hydrogen-bond acceptors (Lipinski definition) is 3. The van der Waals surface area contributed by atoms with E-state index in [-0.39, 0.29) is 0 Å². The van der Waals surface area contributed by atoms with Gasteiger partial charge < -0.3 is 9.80 Å². The van der Waals surface area contributed by atoms with Crippen LogP contribution in [0.15, 0.2) is 48.5 Å². The lowest BCUT2D eigenvalue weighted by molar-refractivity contribution is 0.313. The largest absolute Gasteiger partial charge is 0.369 e. The maximum atomic E-state index is 8.59. The van der Waals surface area contributed by atoms with Gasteiger partial charge in [0.2, 0.25) is 0 Å². The van der Waals surface area contributed by atoms with E-state index in [1.807, 2.05) is 38.1 Å². The van der Waals surface area contributed by atoms with Crippen LogP contribution in [0.2, 0.25) is 0 Å². The summed E-state index contributed by atoms with van der Waals surface area (Å²) >= 11 is 0. The first kappa shape index (κ1) is 30.7. The molecule has 2 aromatic carbocycles. The average Bonchev–Trinajstić information content (AvgIpc) is 2.81. The van der Waals surface area contributed by atoms with Gasteiger partial charge in [-0.3, -0.25) is 0 Å².